The summed E-state index contributed by atoms with van der Waals surface area (Å²) >= 11 is 0. The third-order valence-corrected chi connectivity index (χ3v) is 3.42. The fourth-order valence-corrected chi connectivity index (χ4v) is 2.05. The fourth-order valence-electron chi connectivity index (χ4n) is 2.05. The van der Waals surface area contributed by atoms with E-state index >= 15 is 0 Å². The number of hydrogen-bond donors (Lipinski definition) is 1. The van der Waals surface area contributed by atoms with E-state index in [0.29, 0.717) is 6.04 Å². The molecule has 18 heavy (non-hydrogen) atoms. The highest BCUT2D eigenvalue weighted by atomic mass is 16.5. The maximum Gasteiger partial charge on any atom is 0.0624 e. The summed E-state index contributed by atoms with van der Waals surface area (Å²) < 4.78 is 5.82. The molecule has 0 heterocycles. The molecule has 0 aromatic heterocycles. The molecular formula is C16H35NO. The first-order valence-electron chi connectivity index (χ1n) is 7.83. The third-order valence-electron chi connectivity index (χ3n) is 3.42. The van der Waals surface area contributed by atoms with E-state index in [-0.39, 0.29) is 5.41 Å². The Bertz CT molecular complexity index is 174. The Balaban J connectivity index is 3.50. The van der Waals surface area contributed by atoms with Crippen molar-refractivity contribution in [1.82, 2.24) is 5.32 Å². The minimum absolute atomic E-state index is 0.275. The summed E-state index contributed by atoms with van der Waals surface area (Å²) in [6, 6.07) is 0.461. The highest BCUT2D eigenvalue weighted by Gasteiger charge is 2.23. The molecule has 0 aliphatic rings. The Morgan fingerprint density at radius 3 is 2.11 bits per heavy atom. The van der Waals surface area contributed by atoms with Crippen LogP contribution >= 0.6 is 0 Å². The predicted molar refractivity (Wildman–Crippen MR) is 81.1 cm³/mol. The van der Waals surface area contributed by atoms with E-state index in [2.05, 4.69) is 39.9 Å². The van der Waals surface area contributed by atoms with Gasteiger partial charge in [-0.2, -0.15) is 0 Å². The SMILES string of the molecule is CCCCCCCCOCC(NCC)C(C)(C)C. The Morgan fingerprint density at radius 2 is 1.56 bits per heavy atom. The molecule has 0 bridgehead atoms. The second-order valence-electron chi connectivity index (χ2n) is 6.32. The molecule has 0 spiro atoms. The molecule has 2 nitrogen and oxygen atoms in total. The van der Waals surface area contributed by atoms with Crippen molar-refractivity contribution in [3.63, 3.8) is 0 Å². The molecule has 0 saturated heterocycles. The van der Waals surface area contributed by atoms with Crippen LogP contribution in [0.3, 0.4) is 0 Å². The van der Waals surface area contributed by atoms with Crippen LogP contribution in [0.1, 0.15) is 73.1 Å². The Hall–Kier alpha value is -0.0800. The molecule has 0 rings (SSSR count). The van der Waals surface area contributed by atoms with Crippen molar-refractivity contribution in [3.8, 4) is 0 Å². The maximum absolute atomic E-state index is 5.82. The minimum Gasteiger partial charge on any atom is -0.380 e. The van der Waals surface area contributed by atoms with Crippen LogP contribution in [0, 0.1) is 5.41 Å². The Morgan fingerprint density at radius 1 is 0.944 bits per heavy atom. The number of nitrogens with one attached hydrogen (secondary N) is 1. The van der Waals surface area contributed by atoms with Crippen LogP contribution in [0.5, 0.6) is 0 Å². The van der Waals surface area contributed by atoms with Crippen molar-refractivity contribution >= 4 is 0 Å². The van der Waals surface area contributed by atoms with Gasteiger partial charge in [0.25, 0.3) is 0 Å². The summed E-state index contributed by atoms with van der Waals surface area (Å²) in [6.07, 6.45) is 8.00. The van der Waals surface area contributed by atoms with Crippen LogP contribution in [0.25, 0.3) is 0 Å². The van der Waals surface area contributed by atoms with Gasteiger partial charge in [0.15, 0.2) is 0 Å². The minimum atomic E-state index is 0.275. The first kappa shape index (κ1) is 17.9. The number of unbranched alkanes of at least 4 members (excludes halogenated alkanes) is 5. The van der Waals surface area contributed by atoms with Crippen LogP contribution < -0.4 is 5.32 Å². The summed E-state index contributed by atoms with van der Waals surface area (Å²) in [7, 11) is 0. The van der Waals surface area contributed by atoms with E-state index in [4.69, 9.17) is 4.74 Å². The summed E-state index contributed by atoms with van der Waals surface area (Å²) in [4.78, 5) is 0. The molecule has 0 radical (unpaired) electrons. The van der Waals surface area contributed by atoms with Gasteiger partial charge < -0.3 is 10.1 Å². The summed E-state index contributed by atoms with van der Waals surface area (Å²) in [6.45, 7) is 14.0. The molecule has 1 N–H and O–H groups in total. The van der Waals surface area contributed by atoms with Gasteiger partial charge in [-0.05, 0) is 18.4 Å². The van der Waals surface area contributed by atoms with Gasteiger partial charge in [0.05, 0.1) is 6.61 Å². The quantitative estimate of drug-likeness (QED) is 0.554. The largest absolute Gasteiger partial charge is 0.380 e. The van der Waals surface area contributed by atoms with Gasteiger partial charge in [0.2, 0.25) is 0 Å². The molecule has 0 fully saturated rings. The van der Waals surface area contributed by atoms with Crippen molar-refractivity contribution in [2.24, 2.45) is 5.41 Å². The smallest absolute Gasteiger partial charge is 0.0624 e. The second kappa shape index (κ2) is 10.8. The number of likely N-dealkylation sites (N-methyl/N-ethyl adjacent to an activating group) is 1. The van der Waals surface area contributed by atoms with E-state index in [1.54, 1.807) is 0 Å². The zero-order valence-electron chi connectivity index (χ0n) is 13.3. The average Bonchev–Trinajstić information content (AvgIpc) is 2.30. The van der Waals surface area contributed by atoms with Crippen molar-refractivity contribution < 1.29 is 4.74 Å². The zero-order valence-corrected chi connectivity index (χ0v) is 13.3. The third kappa shape index (κ3) is 9.90. The van der Waals surface area contributed by atoms with Crippen molar-refractivity contribution in [2.75, 3.05) is 19.8 Å². The molecular weight excluding hydrogens is 222 g/mol. The molecule has 1 unspecified atom stereocenters. The van der Waals surface area contributed by atoms with Crippen LogP contribution in [0.15, 0.2) is 0 Å². The second-order valence-corrected chi connectivity index (χ2v) is 6.32. The first-order chi connectivity index (χ1) is 8.52. The van der Waals surface area contributed by atoms with Gasteiger partial charge in [0.1, 0.15) is 0 Å². The van der Waals surface area contributed by atoms with E-state index in [1.165, 1.54) is 38.5 Å². The van der Waals surface area contributed by atoms with E-state index in [0.717, 1.165) is 19.8 Å². The van der Waals surface area contributed by atoms with Crippen LogP contribution in [-0.4, -0.2) is 25.8 Å². The van der Waals surface area contributed by atoms with Gasteiger partial charge in [-0.3, -0.25) is 0 Å². The molecule has 110 valence electrons. The van der Waals surface area contributed by atoms with Gasteiger partial charge in [-0.1, -0.05) is 66.7 Å². The number of ether oxygens (including phenoxy) is 1. The van der Waals surface area contributed by atoms with Gasteiger partial charge in [-0.15, -0.1) is 0 Å². The highest BCUT2D eigenvalue weighted by Crippen LogP contribution is 2.19. The van der Waals surface area contributed by atoms with Gasteiger partial charge in [0, 0.05) is 12.6 Å². The summed E-state index contributed by atoms with van der Waals surface area (Å²) in [5.74, 6) is 0. The molecule has 1 atom stereocenters. The van der Waals surface area contributed by atoms with Gasteiger partial charge in [-0.25, -0.2) is 0 Å². The van der Waals surface area contributed by atoms with E-state index in [9.17, 15) is 0 Å². The normalized spacial score (nSPS) is 13.8. The predicted octanol–water partition coefficient (Wildman–Crippen LogP) is 4.39. The Kier molecular flexibility index (Phi) is 10.8. The molecule has 0 aromatic carbocycles. The standard InChI is InChI=1S/C16H35NO/c1-6-8-9-10-11-12-13-18-14-15(17-7-2)16(3,4)5/h15,17H,6-14H2,1-5H3. The molecule has 2 heteroatoms. The van der Waals surface area contributed by atoms with Crippen molar-refractivity contribution in [2.45, 2.75) is 79.2 Å². The topological polar surface area (TPSA) is 21.3 Å². The molecule has 0 aromatic rings. The molecule has 0 aliphatic carbocycles. The average molecular weight is 257 g/mol. The molecule has 0 saturated carbocycles. The van der Waals surface area contributed by atoms with E-state index in [1.807, 2.05) is 0 Å². The Labute approximate surface area is 115 Å². The van der Waals surface area contributed by atoms with E-state index < -0.39 is 0 Å². The van der Waals surface area contributed by atoms with Gasteiger partial charge >= 0.3 is 0 Å². The lowest BCUT2D eigenvalue weighted by Crippen LogP contribution is -2.43. The first-order valence-corrected chi connectivity index (χ1v) is 7.83. The van der Waals surface area contributed by atoms with Crippen molar-refractivity contribution in [1.29, 1.82) is 0 Å². The lowest BCUT2D eigenvalue weighted by molar-refractivity contribution is 0.0737. The summed E-state index contributed by atoms with van der Waals surface area (Å²) in [5.41, 5.74) is 0.275. The van der Waals surface area contributed by atoms with Crippen molar-refractivity contribution in [3.05, 3.63) is 0 Å². The summed E-state index contributed by atoms with van der Waals surface area (Å²) in [5, 5.41) is 3.52. The van der Waals surface area contributed by atoms with Crippen LogP contribution in [0.4, 0.5) is 0 Å². The monoisotopic (exact) mass is 257 g/mol. The molecule has 0 amide bonds. The molecule has 0 aliphatic heterocycles. The van der Waals surface area contributed by atoms with Crippen LogP contribution in [-0.2, 0) is 4.74 Å². The lowest BCUT2D eigenvalue weighted by Gasteiger charge is -2.31. The maximum atomic E-state index is 5.82. The van der Waals surface area contributed by atoms with Crippen LogP contribution in [0.2, 0.25) is 0 Å². The highest BCUT2D eigenvalue weighted by molar-refractivity contribution is 4.79. The number of rotatable bonds is 11. The lowest BCUT2D eigenvalue weighted by atomic mass is 9.87. The fraction of sp³-hybridized carbons (Fsp3) is 1.00. The zero-order chi connectivity index (χ0) is 13.9. The number of hydrogen-bond acceptors (Lipinski definition) is 2.